The van der Waals surface area contributed by atoms with Crippen LogP contribution in [-0.4, -0.2) is 44.8 Å². The molecule has 0 aromatic carbocycles. The Balaban J connectivity index is 1.69. The summed E-state index contributed by atoms with van der Waals surface area (Å²) < 4.78 is 1.33. The van der Waals surface area contributed by atoms with Crippen LogP contribution in [0.2, 0.25) is 0 Å². The molecule has 1 N–H and O–H groups in total. The van der Waals surface area contributed by atoms with Crippen molar-refractivity contribution >= 4 is 11.7 Å². The third-order valence-corrected chi connectivity index (χ3v) is 4.13. The molecule has 8 heteroatoms. The Morgan fingerprint density at radius 1 is 1.29 bits per heavy atom. The van der Waals surface area contributed by atoms with Crippen molar-refractivity contribution in [1.82, 2.24) is 25.1 Å². The number of aromatic nitrogens is 4. The molecule has 0 radical (unpaired) electrons. The van der Waals surface area contributed by atoms with E-state index in [1.165, 1.54) is 10.7 Å². The summed E-state index contributed by atoms with van der Waals surface area (Å²) in [5.74, 6) is 0.640. The van der Waals surface area contributed by atoms with Gasteiger partial charge in [0, 0.05) is 44.6 Å². The Labute approximate surface area is 139 Å². The fourth-order valence-electron chi connectivity index (χ4n) is 2.86. The number of amides is 1. The van der Waals surface area contributed by atoms with Gasteiger partial charge in [0.25, 0.3) is 11.5 Å². The lowest BCUT2D eigenvalue weighted by molar-refractivity contribution is 0.0939. The molecule has 0 spiro atoms. The van der Waals surface area contributed by atoms with E-state index in [0.29, 0.717) is 6.54 Å². The SMILES string of the molecule is Cn1nc(N2CCCCC2CNC(=O)c2ncccn2)ccc1=O. The number of carbonyl (C=O) groups is 1. The van der Waals surface area contributed by atoms with E-state index in [0.717, 1.165) is 31.6 Å². The summed E-state index contributed by atoms with van der Waals surface area (Å²) in [6.45, 7) is 1.34. The maximum atomic E-state index is 12.1. The second-order valence-electron chi connectivity index (χ2n) is 5.78. The maximum Gasteiger partial charge on any atom is 0.289 e. The van der Waals surface area contributed by atoms with Gasteiger partial charge in [-0.25, -0.2) is 14.6 Å². The van der Waals surface area contributed by atoms with Crippen LogP contribution >= 0.6 is 0 Å². The minimum Gasteiger partial charge on any atom is -0.350 e. The highest BCUT2D eigenvalue weighted by Crippen LogP contribution is 2.21. The molecule has 126 valence electrons. The first-order chi connectivity index (χ1) is 11.6. The van der Waals surface area contributed by atoms with Crippen molar-refractivity contribution in [2.45, 2.75) is 25.3 Å². The Kier molecular flexibility index (Phi) is 4.83. The van der Waals surface area contributed by atoms with Crippen molar-refractivity contribution in [3.8, 4) is 0 Å². The van der Waals surface area contributed by atoms with E-state index in [4.69, 9.17) is 0 Å². The minimum absolute atomic E-state index is 0.136. The Morgan fingerprint density at radius 2 is 2.08 bits per heavy atom. The lowest BCUT2D eigenvalue weighted by atomic mass is 10.0. The molecule has 3 heterocycles. The molecule has 1 fully saturated rings. The molecule has 0 bridgehead atoms. The predicted octanol–water partition coefficient (Wildman–Crippen LogP) is 0.359. The number of carbonyl (C=O) groups excluding carboxylic acids is 1. The highest BCUT2D eigenvalue weighted by Gasteiger charge is 2.25. The fourth-order valence-corrected chi connectivity index (χ4v) is 2.86. The van der Waals surface area contributed by atoms with Gasteiger partial charge in [0.2, 0.25) is 5.82 Å². The fraction of sp³-hybridized carbons (Fsp3) is 0.438. The summed E-state index contributed by atoms with van der Waals surface area (Å²) in [5.41, 5.74) is -0.137. The first-order valence-electron chi connectivity index (χ1n) is 8.01. The second-order valence-corrected chi connectivity index (χ2v) is 5.78. The van der Waals surface area contributed by atoms with E-state index in [2.05, 4.69) is 25.3 Å². The van der Waals surface area contributed by atoms with E-state index in [1.807, 2.05) is 0 Å². The average molecular weight is 328 g/mol. The second kappa shape index (κ2) is 7.20. The number of nitrogens with one attached hydrogen (secondary N) is 1. The Bertz CT molecular complexity index is 761. The summed E-state index contributed by atoms with van der Waals surface area (Å²) >= 11 is 0. The smallest absolute Gasteiger partial charge is 0.289 e. The number of nitrogens with zero attached hydrogens (tertiary/aromatic N) is 5. The van der Waals surface area contributed by atoms with Gasteiger partial charge < -0.3 is 10.2 Å². The van der Waals surface area contributed by atoms with Crippen molar-refractivity contribution < 1.29 is 4.79 Å². The molecule has 1 aliphatic rings. The molecular weight excluding hydrogens is 308 g/mol. The van der Waals surface area contributed by atoms with Gasteiger partial charge in [0.15, 0.2) is 0 Å². The molecule has 0 saturated carbocycles. The van der Waals surface area contributed by atoms with Crippen LogP contribution in [-0.2, 0) is 7.05 Å². The number of anilines is 1. The quantitative estimate of drug-likeness (QED) is 0.871. The molecule has 2 aromatic heterocycles. The number of hydrogen-bond acceptors (Lipinski definition) is 6. The monoisotopic (exact) mass is 328 g/mol. The first kappa shape index (κ1) is 16.1. The predicted molar refractivity (Wildman–Crippen MR) is 88.8 cm³/mol. The molecule has 1 atom stereocenters. The molecule has 1 aliphatic heterocycles. The zero-order valence-corrected chi connectivity index (χ0v) is 13.6. The van der Waals surface area contributed by atoms with Crippen LogP contribution in [0.15, 0.2) is 35.4 Å². The molecule has 1 amide bonds. The summed E-state index contributed by atoms with van der Waals surface area (Å²) in [6.07, 6.45) is 6.22. The number of piperidine rings is 1. The molecule has 2 aromatic rings. The van der Waals surface area contributed by atoms with E-state index >= 15 is 0 Å². The van der Waals surface area contributed by atoms with Gasteiger partial charge in [0.05, 0.1) is 0 Å². The lowest BCUT2D eigenvalue weighted by Gasteiger charge is -2.36. The molecule has 3 rings (SSSR count). The van der Waals surface area contributed by atoms with E-state index in [-0.39, 0.29) is 23.3 Å². The highest BCUT2D eigenvalue weighted by atomic mass is 16.2. The van der Waals surface area contributed by atoms with Gasteiger partial charge in [0.1, 0.15) is 5.82 Å². The van der Waals surface area contributed by atoms with Gasteiger partial charge in [-0.15, -0.1) is 0 Å². The number of hydrogen-bond donors (Lipinski definition) is 1. The van der Waals surface area contributed by atoms with Crippen molar-refractivity contribution in [2.24, 2.45) is 7.05 Å². The van der Waals surface area contributed by atoms with Crippen LogP contribution in [0, 0.1) is 0 Å². The summed E-state index contributed by atoms with van der Waals surface area (Å²) in [7, 11) is 1.64. The van der Waals surface area contributed by atoms with Crippen LogP contribution in [0.1, 0.15) is 29.9 Å². The van der Waals surface area contributed by atoms with Crippen LogP contribution < -0.4 is 15.8 Å². The lowest BCUT2D eigenvalue weighted by Crippen LogP contribution is -2.47. The van der Waals surface area contributed by atoms with E-state index in [9.17, 15) is 9.59 Å². The van der Waals surface area contributed by atoms with E-state index < -0.39 is 0 Å². The third-order valence-electron chi connectivity index (χ3n) is 4.13. The van der Waals surface area contributed by atoms with Gasteiger partial charge >= 0.3 is 0 Å². The highest BCUT2D eigenvalue weighted by molar-refractivity contribution is 5.90. The van der Waals surface area contributed by atoms with Crippen LogP contribution in [0.5, 0.6) is 0 Å². The summed E-state index contributed by atoms with van der Waals surface area (Å²) in [5, 5.41) is 7.22. The van der Waals surface area contributed by atoms with E-state index in [1.54, 1.807) is 31.6 Å². The molecular formula is C16H20N6O2. The van der Waals surface area contributed by atoms with Gasteiger partial charge in [-0.1, -0.05) is 0 Å². The molecule has 0 aliphatic carbocycles. The topological polar surface area (TPSA) is 93.0 Å². The third kappa shape index (κ3) is 3.58. The van der Waals surface area contributed by atoms with Crippen molar-refractivity contribution in [3.05, 3.63) is 46.8 Å². The average Bonchev–Trinajstić information content (AvgIpc) is 2.63. The first-order valence-corrected chi connectivity index (χ1v) is 8.01. The minimum atomic E-state index is -0.283. The Hall–Kier alpha value is -2.77. The summed E-state index contributed by atoms with van der Waals surface area (Å²) in [6, 6.07) is 5.06. The molecule has 1 unspecified atom stereocenters. The largest absolute Gasteiger partial charge is 0.350 e. The van der Waals surface area contributed by atoms with Gasteiger partial charge in [-0.3, -0.25) is 9.59 Å². The van der Waals surface area contributed by atoms with Crippen LogP contribution in [0.4, 0.5) is 5.82 Å². The van der Waals surface area contributed by atoms with Crippen molar-refractivity contribution in [1.29, 1.82) is 0 Å². The standard InChI is InChI=1S/C16H20N6O2/c1-21-14(23)7-6-13(20-21)22-10-3-2-5-12(22)11-19-16(24)15-17-8-4-9-18-15/h4,6-9,12H,2-3,5,10-11H2,1H3,(H,19,24). The Morgan fingerprint density at radius 3 is 2.83 bits per heavy atom. The molecule has 24 heavy (non-hydrogen) atoms. The normalized spacial score (nSPS) is 17.5. The zero-order chi connectivity index (χ0) is 16.9. The van der Waals surface area contributed by atoms with Gasteiger partial charge in [-0.2, -0.15) is 5.10 Å². The van der Waals surface area contributed by atoms with Crippen molar-refractivity contribution in [3.63, 3.8) is 0 Å². The van der Waals surface area contributed by atoms with Crippen LogP contribution in [0.3, 0.4) is 0 Å². The number of rotatable bonds is 4. The maximum absolute atomic E-state index is 12.1. The number of aryl methyl sites for hydroxylation is 1. The molecule has 8 nitrogen and oxygen atoms in total. The zero-order valence-electron chi connectivity index (χ0n) is 13.6. The van der Waals surface area contributed by atoms with Gasteiger partial charge in [-0.05, 0) is 31.4 Å². The van der Waals surface area contributed by atoms with Crippen molar-refractivity contribution in [2.75, 3.05) is 18.0 Å². The molecule has 1 saturated heterocycles. The summed E-state index contributed by atoms with van der Waals surface area (Å²) in [4.78, 5) is 33.7. The van der Waals surface area contributed by atoms with Crippen LogP contribution in [0.25, 0.3) is 0 Å².